The van der Waals surface area contributed by atoms with Crippen molar-refractivity contribution in [2.45, 2.75) is 25.9 Å². The fourth-order valence-corrected chi connectivity index (χ4v) is 3.49. The Balaban J connectivity index is 2.04. The lowest BCUT2D eigenvalue weighted by molar-refractivity contribution is -0.137. The molecular formula is C17H23N3O2. The Morgan fingerprint density at radius 2 is 1.91 bits per heavy atom. The highest BCUT2D eigenvalue weighted by Gasteiger charge is 2.49. The molecule has 5 nitrogen and oxygen atoms in total. The monoisotopic (exact) mass is 301 g/mol. The van der Waals surface area contributed by atoms with Gasteiger partial charge in [-0.25, -0.2) is 0 Å². The van der Waals surface area contributed by atoms with Crippen LogP contribution in [0.2, 0.25) is 0 Å². The highest BCUT2D eigenvalue weighted by molar-refractivity contribution is 6.03. The fourth-order valence-electron chi connectivity index (χ4n) is 3.49. The summed E-state index contributed by atoms with van der Waals surface area (Å²) in [5.41, 5.74) is 0.741. The summed E-state index contributed by atoms with van der Waals surface area (Å²) in [4.78, 5) is 27.7. The standard InChI is InChI=1S/C17H23N3O2/c1-12(2)15(21)17(20-9-7-18-8-10-20)11-13-5-3-4-6-14(13)16(22)19-17/h3-6,12,18H,7-11H2,1-2H3,(H,19,22). The molecular weight excluding hydrogens is 278 g/mol. The molecule has 2 heterocycles. The minimum Gasteiger partial charge on any atom is -0.327 e. The Bertz CT molecular complexity index is 593. The SMILES string of the molecule is CC(C)C(=O)C1(N2CCNCC2)Cc2ccccc2C(=O)N1. The van der Waals surface area contributed by atoms with E-state index in [1.165, 1.54) is 0 Å². The molecule has 118 valence electrons. The summed E-state index contributed by atoms with van der Waals surface area (Å²) in [6.07, 6.45) is 0.548. The van der Waals surface area contributed by atoms with Crippen LogP contribution in [0, 0.1) is 5.92 Å². The van der Waals surface area contributed by atoms with Gasteiger partial charge in [0.25, 0.3) is 5.91 Å². The van der Waals surface area contributed by atoms with Crippen LogP contribution in [0.5, 0.6) is 0 Å². The number of nitrogens with zero attached hydrogens (tertiary/aromatic N) is 1. The van der Waals surface area contributed by atoms with Crippen molar-refractivity contribution in [1.29, 1.82) is 0 Å². The number of carbonyl (C=O) groups excluding carboxylic acids is 2. The number of rotatable bonds is 3. The van der Waals surface area contributed by atoms with E-state index in [4.69, 9.17) is 0 Å². The average molecular weight is 301 g/mol. The number of Topliss-reactive ketones (excluding diaryl/α,β-unsaturated/α-hetero) is 1. The fraction of sp³-hybridized carbons (Fsp3) is 0.529. The van der Waals surface area contributed by atoms with E-state index < -0.39 is 5.66 Å². The van der Waals surface area contributed by atoms with Crippen molar-refractivity contribution in [3.63, 3.8) is 0 Å². The summed E-state index contributed by atoms with van der Waals surface area (Å²) in [5, 5.41) is 6.35. The number of hydrogen-bond acceptors (Lipinski definition) is 4. The molecule has 0 spiro atoms. The van der Waals surface area contributed by atoms with Crippen molar-refractivity contribution < 1.29 is 9.59 Å². The van der Waals surface area contributed by atoms with Gasteiger partial charge in [-0.3, -0.25) is 14.5 Å². The molecule has 0 aromatic heterocycles. The predicted molar refractivity (Wildman–Crippen MR) is 84.6 cm³/mol. The van der Waals surface area contributed by atoms with Gasteiger partial charge in [-0.05, 0) is 11.6 Å². The molecule has 1 aromatic carbocycles. The molecule has 0 radical (unpaired) electrons. The van der Waals surface area contributed by atoms with Gasteiger partial charge in [0.05, 0.1) is 0 Å². The van der Waals surface area contributed by atoms with Gasteiger partial charge in [0, 0.05) is 44.1 Å². The normalized spacial score (nSPS) is 25.7. The first-order valence-corrected chi connectivity index (χ1v) is 7.95. The van der Waals surface area contributed by atoms with Crippen LogP contribution >= 0.6 is 0 Å². The maximum atomic E-state index is 13.0. The summed E-state index contributed by atoms with van der Waals surface area (Å²) in [7, 11) is 0. The molecule has 3 rings (SSSR count). The minimum absolute atomic E-state index is 0.0947. The van der Waals surface area contributed by atoms with Crippen LogP contribution < -0.4 is 10.6 Å². The third-order valence-corrected chi connectivity index (χ3v) is 4.62. The van der Waals surface area contributed by atoms with E-state index in [1.54, 1.807) is 0 Å². The Labute approximate surface area is 131 Å². The molecule has 2 aliphatic heterocycles. The summed E-state index contributed by atoms with van der Waals surface area (Å²) in [5.74, 6) is -0.174. The van der Waals surface area contributed by atoms with Gasteiger partial charge in [0.2, 0.25) is 0 Å². The van der Waals surface area contributed by atoms with Crippen molar-refractivity contribution >= 4 is 11.7 Å². The maximum Gasteiger partial charge on any atom is 0.253 e. The van der Waals surface area contributed by atoms with Crippen LogP contribution in [0.4, 0.5) is 0 Å². The molecule has 1 amide bonds. The number of nitrogens with one attached hydrogen (secondary N) is 2. The van der Waals surface area contributed by atoms with Gasteiger partial charge < -0.3 is 10.6 Å². The molecule has 1 fully saturated rings. The molecule has 22 heavy (non-hydrogen) atoms. The van der Waals surface area contributed by atoms with Crippen LogP contribution in [0.25, 0.3) is 0 Å². The maximum absolute atomic E-state index is 13.0. The summed E-state index contributed by atoms with van der Waals surface area (Å²) in [6.45, 7) is 7.01. The highest BCUT2D eigenvalue weighted by atomic mass is 16.2. The van der Waals surface area contributed by atoms with Crippen LogP contribution in [0.3, 0.4) is 0 Å². The van der Waals surface area contributed by atoms with Gasteiger partial charge in [0.1, 0.15) is 0 Å². The van der Waals surface area contributed by atoms with E-state index in [2.05, 4.69) is 15.5 Å². The molecule has 1 saturated heterocycles. The van der Waals surface area contributed by atoms with Crippen LogP contribution in [-0.4, -0.2) is 48.4 Å². The van der Waals surface area contributed by atoms with Gasteiger partial charge in [-0.2, -0.15) is 0 Å². The molecule has 2 N–H and O–H groups in total. The molecule has 1 atom stereocenters. The molecule has 1 unspecified atom stereocenters. The van der Waals surface area contributed by atoms with E-state index in [-0.39, 0.29) is 17.6 Å². The number of carbonyl (C=O) groups is 2. The molecule has 0 aliphatic carbocycles. The molecule has 0 bridgehead atoms. The van der Waals surface area contributed by atoms with E-state index in [0.29, 0.717) is 12.0 Å². The third-order valence-electron chi connectivity index (χ3n) is 4.62. The van der Waals surface area contributed by atoms with Gasteiger partial charge in [-0.15, -0.1) is 0 Å². The molecule has 2 aliphatic rings. The molecule has 0 saturated carbocycles. The van der Waals surface area contributed by atoms with Crippen LogP contribution in [-0.2, 0) is 11.2 Å². The van der Waals surface area contributed by atoms with Gasteiger partial charge >= 0.3 is 0 Å². The summed E-state index contributed by atoms with van der Waals surface area (Å²) < 4.78 is 0. The second-order valence-corrected chi connectivity index (χ2v) is 6.40. The topological polar surface area (TPSA) is 61.4 Å². The third kappa shape index (κ3) is 2.44. The number of fused-ring (bicyclic) bond motifs is 1. The first-order chi connectivity index (χ1) is 10.5. The quantitative estimate of drug-likeness (QED) is 0.867. The van der Waals surface area contributed by atoms with Gasteiger partial charge in [-0.1, -0.05) is 32.0 Å². The first-order valence-electron chi connectivity index (χ1n) is 7.95. The van der Waals surface area contributed by atoms with Crippen LogP contribution in [0.1, 0.15) is 29.8 Å². The largest absolute Gasteiger partial charge is 0.327 e. The summed E-state index contributed by atoms with van der Waals surface area (Å²) in [6, 6.07) is 7.57. The van der Waals surface area contributed by atoms with Crippen molar-refractivity contribution in [3.05, 3.63) is 35.4 Å². The predicted octanol–water partition coefficient (Wildman–Crippen LogP) is 0.799. The molecule has 5 heteroatoms. The number of hydrogen-bond donors (Lipinski definition) is 2. The van der Waals surface area contributed by atoms with Gasteiger partial charge in [0.15, 0.2) is 11.4 Å². The Morgan fingerprint density at radius 1 is 1.23 bits per heavy atom. The van der Waals surface area contributed by atoms with E-state index in [9.17, 15) is 9.59 Å². The van der Waals surface area contributed by atoms with Crippen molar-refractivity contribution in [2.24, 2.45) is 5.92 Å². The van der Waals surface area contributed by atoms with E-state index in [0.717, 1.165) is 31.7 Å². The van der Waals surface area contributed by atoms with Crippen molar-refractivity contribution in [3.8, 4) is 0 Å². The smallest absolute Gasteiger partial charge is 0.253 e. The first kappa shape index (κ1) is 15.2. The lowest BCUT2D eigenvalue weighted by Gasteiger charge is -2.48. The Hall–Kier alpha value is -1.72. The molecule has 1 aromatic rings. The number of benzene rings is 1. The van der Waals surface area contributed by atoms with Crippen LogP contribution in [0.15, 0.2) is 24.3 Å². The van der Waals surface area contributed by atoms with Crippen molar-refractivity contribution in [2.75, 3.05) is 26.2 Å². The van der Waals surface area contributed by atoms with E-state index >= 15 is 0 Å². The zero-order chi connectivity index (χ0) is 15.7. The summed E-state index contributed by atoms with van der Waals surface area (Å²) >= 11 is 0. The second kappa shape index (κ2) is 5.82. The number of ketones is 1. The Morgan fingerprint density at radius 3 is 2.59 bits per heavy atom. The van der Waals surface area contributed by atoms with E-state index in [1.807, 2.05) is 38.1 Å². The lowest BCUT2D eigenvalue weighted by Crippen LogP contribution is -2.71. The zero-order valence-electron chi connectivity index (χ0n) is 13.2. The lowest BCUT2D eigenvalue weighted by atomic mass is 9.82. The minimum atomic E-state index is -0.901. The number of amides is 1. The Kier molecular flexibility index (Phi) is 4.02. The highest BCUT2D eigenvalue weighted by Crippen LogP contribution is 2.29. The van der Waals surface area contributed by atoms with Crippen molar-refractivity contribution in [1.82, 2.24) is 15.5 Å². The number of piperazine rings is 1. The zero-order valence-corrected chi connectivity index (χ0v) is 13.2. The average Bonchev–Trinajstić information content (AvgIpc) is 2.54. The second-order valence-electron chi connectivity index (χ2n) is 6.40.